The summed E-state index contributed by atoms with van der Waals surface area (Å²) in [6.07, 6.45) is 3.24. The third kappa shape index (κ3) is 5.70. The monoisotopic (exact) mass is 326 g/mol. The van der Waals surface area contributed by atoms with Crippen LogP contribution in [-0.4, -0.2) is 78.6 Å². The maximum absolute atomic E-state index is 12.3. The number of piperidine rings is 1. The summed E-state index contributed by atoms with van der Waals surface area (Å²) in [6.45, 7) is 4.17. The van der Waals surface area contributed by atoms with Crippen LogP contribution >= 0.6 is 0 Å². The number of nitrogens with zero attached hydrogens (tertiary/aromatic N) is 2. The average Bonchev–Trinajstić information content (AvgIpc) is 2.86. The third-order valence-corrected chi connectivity index (χ3v) is 4.44. The van der Waals surface area contributed by atoms with Crippen molar-refractivity contribution in [3.05, 3.63) is 0 Å². The average molecular weight is 326 g/mol. The van der Waals surface area contributed by atoms with E-state index < -0.39 is 5.97 Å². The van der Waals surface area contributed by atoms with Gasteiger partial charge in [-0.05, 0) is 38.3 Å². The number of carbonyl (C=O) groups excluding carboxylic acids is 2. The molecule has 0 aromatic carbocycles. The molecule has 3 amide bonds. The first kappa shape index (κ1) is 17.5. The van der Waals surface area contributed by atoms with Crippen molar-refractivity contribution < 1.29 is 19.5 Å². The fourth-order valence-corrected chi connectivity index (χ4v) is 3.03. The SMILES string of the molecule is O=C(O)CCNC(=O)CN1CCN(CCC2CCNCC2)C1=O. The van der Waals surface area contributed by atoms with E-state index in [1.807, 2.05) is 4.90 Å². The number of nitrogens with one attached hydrogen (secondary N) is 2. The molecule has 0 unspecified atom stereocenters. The quantitative estimate of drug-likeness (QED) is 0.569. The fourth-order valence-electron chi connectivity index (χ4n) is 3.03. The lowest BCUT2D eigenvalue weighted by Gasteiger charge is -2.25. The molecule has 23 heavy (non-hydrogen) atoms. The van der Waals surface area contributed by atoms with Crippen LogP contribution in [0.4, 0.5) is 4.79 Å². The summed E-state index contributed by atoms with van der Waals surface area (Å²) in [7, 11) is 0. The number of carboxylic acid groups (broad SMARTS) is 1. The van der Waals surface area contributed by atoms with E-state index in [-0.39, 0.29) is 31.4 Å². The van der Waals surface area contributed by atoms with Crippen LogP contribution in [0.1, 0.15) is 25.7 Å². The van der Waals surface area contributed by atoms with Crippen LogP contribution in [0.25, 0.3) is 0 Å². The Morgan fingerprint density at radius 3 is 2.61 bits per heavy atom. The second kappa shape index (κ2) is 8.71. The van der Waals surface area contributed by atoms with E-state index >= 15 is 0 Å². The van der Waals surface area contributed by atoms with Gasteiger partial charge in [0.2, 0.25) is 5.91 Å². The first-order chi connectivity index (χ1) is 11.1. The number of aliphatic carboxylic acids is 1. The van der Waals surface area contributed by atoms with Gasteiger partial charge in [-0.2, -0.15) is 0 Å². The molecule has 2 fully saturated rings. The molecule has 3 N–H and O–H groups in total. The zero-order valence-electron chi connectivity index (χ0n) is 13.4. The van der Waals surface area contributed by atoms with Crippen LogP contribution in [-0.2, 0) is 9.59 Å². The molecule has 2 rings (SSSR count). The highest BCUT2D eigenvalue weighted by molar-refractivity contribution is 5.85. The van der Waals surface area contributed by atoms with Crippen molar-refractivity contribution in [2.75, 3.05) is 45.8 Å². The highest BCUT2D eigenvalue weighted by Crippen LogP contribution is 2.18. The minimum Gasteiger partial charge on any atom is -0.481 e. The second-order valence-electron chi connectivity index (χ2n) is 6.17. The molecule has 0 aromatic rings. The standard InChI is InChI=1S/C15H26N4O4/c20-13(17-7-3-14(21)22)11-19-10-9-18(15(19)23)8-4-12-1-5-16-6-2-12/h12,16H,1-11H2,(H,17,20)(H,21,22). The first-order valence-electron chi connectivity index (χ1n) is 8.29. The topological polar surface area (TPSA) is 102 Å². The molecule has 8 nitrogen and oxygen atoms in total. The highest BCUT2D eigenvalue weighted by Gasteiger charge is 2.30. The number of carbonyl (C=O) groups is 3. The van der Waals surface area contributed by atoms with Gasteiger partial charge in [0.15, 0.2) is 0 Å². The van der Waals surface area contributed by atoms with Crippen LogP contribution in [0, 0.1) is 5.92 Å². The van der Waals surface area contributed by atoms with Gasteiger partial charge in [0.25, 0.3) is 0 Å². The minimum atomic E-state index is -0.952. The fraction of sp³-hybridized carbons (Fsp3) is 0.800. The van der Waals surface area contributed by atoms with Crippen molar-refractivity contribution in [2.24, 2.45) is 5.92 Å². The number of rotatable bonds is 8. The van der Waals surface area contributed by atoms with Crippen molar-refractivity contribution in [1.82, 2.24) is 20.4 Å². The molecule has 8 heteroatoms. The lowest BCUT2D eigenvalue weighted by atomic mass is 9.94. The largest absolute Gasteiger partial charge is 0.481 e. The van der Waals surface area contributed by atoms with Gasteiger partial charge in [0, 0.05) is 26.2 Å². The summed E-state index contributed by atoms with van der Waals surface area (Å²) < 4.78 is 0. The lowest BCUT2D eigenvalue weighted by Crippen LogP contribution is -2.40. The van der Waals surface area contributed by atoms with Crippen LogP contribution in [0.5, 0.6) is 0 Å². The highest BCUT2D eigenvalue weighted by atomic mass is 16.4. The van der Waals surface area contributed by atoms with Crippen LogP contribution in [0.15, 0.2) is 0 Å². The van der Waals surface area contributed by atoms with Crippen molar-refractivity contribution in [1.29, 1.82) is 0 Å². The van der Waals surface area contributed by atoms with E-state index in [1.165, 1.54) is 4.90 Å². The Balaban J connectivity index is 1.66. The van der Waals surface area contributed by atoms with Crippen LogP contribution < -0.4 is 10.6 Å². The molecule has 0 spiro atoms. The van der Waals surface area contributed by atoms with Gasteiger partial charge in [0.05, 0.1) is 6.42 Å². The number of carboxylic acids is 1. The summed E-state index contributed by atoms with van der Waals surface area (Å²) in [4.78, 5) is 37.7. The Morgan fingerprint density at radius 2 is 1.91 bits per heavy atom. The van der Waals surface area contributed by atoms with E-state index in [4.69, 9.17) is 5.11 Å². The van der Waals surface area contributed by atoms with E-state index in [2.05, 4.69) is 10.6 Å². The Hall–Kier alpha value is -1.83. The molecule has 0 atom stereocenters. The molecule has 2 saturated heterocycles. The summed E-state index contributed by atoms with van der Waals surface area (Å²) in [5, 5.41) is 14.4. The minimum absolute atomic E-state index is 0.00228. The summed E-state index contributed by atoms with van der Waals surface area (Å²) in [6, 6.07) is -0.0904. The molecule has 130 valence electrons. The van der Waals surface area contributed by atoms with Crippen molar-refractivity contribution in [3.8, 4) is 0 Å². The van der Waals surface area contributed by atoms with Gasteiger partial charge in [-0.1, -0.05) is 0 Å². The van der Waals surface area contributed by atoms with Crippen LogP contribution in [0.2, 0.25) is 0 Å². The Morgan fingerprint density at radius 1 is 1.22 bits per heavy atom. The summed E-state index contributed by atoms with van der Waals surface area (Å²) in [5.74, 6) is -0.580. The predicted molar refractivity (Wildman–Crippen MR) is 84.0 cm³/mol. The maximum Gasteiger partial charge on any atom is 0.320 e. The third-order valence-electron chi connectivity index (χ3n) is 4.44. The van der Waals surface area contributed by atoms with Gasteiger partial charge in [0.1, 0.15) is 6.54 Å². The van der Waals surface area contributed by atoms with Gasteiger partial charge in [-0.3, -0.25) is 9.59 Å². The smallest absolute Gasteiger partial charge is 0.320 e. The molecular formula is C15H26N4O4. The van der Waals surface area contributed by atoms with E-state index in [1.54, 1.807) is 0 Å². The normalized spacial score (nSPS) is 19.2. The first-order valence-corrected chi connectivity index (χ1v) is 8.29. The van der Waals surface area contributed by atoms with Crippen molar-refractivity contribution in [2.45, 2.75) is 25.7 Å². The molecule has 0 saturated carbocycles. The number of urea groups is 1. The number of hydrogen-bond acceptors (Lipinski definition) is 4. The van der Waals surface area contributed by atoms with E-state index in [0.29, 0.717) is 19.0 Å². The van der Waals surface area contributed by atoms with Crippen molar-refractivity contribution in [3.63, 3.8) is 0 Å². The summed E-state index contributed by atoms with van der Waals surface area (Å²) in [5.41, 5.74) is 0. The van der Waals surface area contributed by atoms with Gasteiger partial charge >= 0.3 is 12.0 Å². The predicted octanol–water partition coefficient (Wildman–Crippen LogP) is -0.295. The molecule has 2 heterocycles. The van der Waals surface area contributed by atoms with Gasteiger partial charge in [-0.25, -0.2) is 4.79 Å². The summed E-state index contributed by atoms with van der Waals surface area (Å²) >= 11 is 0. The van der Waals surface area contributed by atoms with Gasteiger partial charge in [-0.15, -0.1) is 0 Å². The maximum atomic E-state index is 12.3. The van der Waals surface area contributed by atoms with Crippen LogP contribution in [0.3, 0.4) is 0 Å². The van der Waals surface area contributed by atoms with Gasteiger partial charge < -0.3 is 25.5 Å². The Kier molecular flexibility index (Phi) is 6.64. The number of amides is 3. The molecule has 0 aliphatic carbocycles. The zero-order chi connectivity index (χ0) is 16.7. The van der Waals surface area contributed by atoms with Crippen molar-refractivity contribution >= 4 is 17.9 Å². The molecule has 0 radical (unpaired) electrons. The molecule has 0 bridgehead atoms. The molecule has 0 aromatic heterocycles. The molecular weight excluding hydrogens is 300 g/mol. The molecule has 2 aliphatic heterocycles. The Labute approximate surface area is 136 Å². The van der Waals surface area contributed by atoms with E-state index in [0.717, 1.165) is 38.9 Å². The lowest BCUT2D eigenvalue weighted by molar-refractivity contribution is -0.136. The zero-order valence-corrected chi connectivity index (χ0v) is 13.4. The second-order valence-corrected chi connectivity index (χ2v) is 6.17. The molecule has 2 aliphatic rings. The number of hydrogen-bond donors (Lipinski definition) is 3. The Bertz CT molecular complexity index is 437. The van der Waals surface area contributed by atoms with E-state index in [9.17, 15) is 14.4 Å².